The lowest BCUT2D eigenvalue weighted by Crippen LogP contribution is -2.18. The SMILES string of the molecule is Nc1cnc2c(c1C(=O)O)CCOC2. The quantitative estimate of drug-likeness (QED) is 0.677. The molecule has 0 saturated heterocycles. The van der Waals surface area contributed by atoms with Crippen LogP contribution in [0.3, 0.4) is 0 Å². The lowest BCUT2D eigenvalue weighted by molar-refractivity contribution is 0.0690. The Kier molecular flexibility index (Phi) is 2.09. The molecule has 0 amide bonds. The van der Waals surface area contributed by atoms with Crippen LogP contribution in [0.15, 0.2) is 6.20 Å². The predicted molar refractivity (Wildman–Crippen MR) is 49.0 cm³/mol. The maximum atomic E-state index is 10.9. The number of nitrogens with two attached hydrogens (primary N) is 1. The van der Waals surface area contributed by atoms with E-state index in [2.05, 4.69) is 4.98 Å². The second-order valence-electron chi connectivity index (χ2n) is 3.12. The highest BCUT2D eigenvalue weighted by atomic mass is 16.5. The maximum Gasteiger partial charge on any atom is 0.338 e. The van der Waals surface area contributed by atoms with Gasteiger partial charge in [0.25, 0.3) is 0 Å². The Bertz CT molecular complexity index is 390. The number of pyridine rings is 1. The van der Waals surface area contributed by atoms with Crippen LogP contribution in [-0.2, 0) is 17.8 Å². The van der Waals surface area contributed by atoms with Gasteiger partial charge in [-0.1, -0.05) is 0 Å². The van der Waals surface area contributed by atoms with E-state index in [1.807, 2.05) is 0 Å². The molecule has 5 nitrogen and oxygen atoms in total. The van der Waals surface area contributed by atoms with Gasteiger partial charge in [-0.25, -0.2) is 4.79 Å². The lowest BCUT2D eigenvalue weighted by Gasteiger charge is -2.18. The standard InChI is InChI=1S/C9H10N2O3/c10-6-3-11-7-4-14-2-1-5(7)8(6)9(12)13/h3H,1-2,4,10H2,(H,12,13). The molecule has 1 aromatic heterocycles. The smallest absolute Gasteiger partial charge is 0.338 e. The molecule has 0 atom stereocenters. The number of hydrogen-bond donors (Lipinski definition) is 2. The fraction of sp³-hybridized carbons (Fsp3) is 0.333. The summed E-state index contributed by atoms with van der Waals surface area (Å²) >= 11 is 0. The molecule has 5 heteroatoms. The zero-order valence-corrected chi connectivity index (χ0v) is 7.49. The van der Waals surface area contributed by atoms with E-state index in [4.69, 9.17) is 15.6 Å². The van der Waals surface area contributed by atoms with E-state index in [1.165, 1.54) is 6.20 Å². The van der Waals surface area contributed by atoms with Gasteiger partial charge in [-0.05, 0) is 12.0 Å². The second-order valence-corrected chi connectivity index (χ2v) is 3.12. The number of ether oxygens (including phenoxy) is 1. The molecule has 0 aliphatic carbocycles. The van der Waals surface area contributed by atoms with Crippen LogP contribution in [0.2, 0.25) is 0 Å². The van der Waals surface area contributed by atoms with Crippen molar-refractivity contribution in [3.05, 3.63) is 23.0 Å². The summed E-state index contributed by atoms with van der Waals surface area (Å²) < 4.78 is 5.17. The summed E-state index contributed by atoms with van der Waals surface area (Å²) in [4.78, 5) is 15.0. The third-order valence-corrected chi connectivity index (χ3v) is 2.25. The monoisotopic (exact) mass is 194 g/mol. The van der Waals surface area contributed by atoms with E-state index < -0.39 is 5.97 Å². The summed E-state index contributed by atoms with van der Waals surface area (Å²) in [5.41, 5.74) is 7.36. The van der Waals surface area contributed by atoms with Crippen molar-refractivity contribution in [1.29, 1.82) is 0 Å². The summed E-state index contributed by atoms with van der Waals surface area (Å²) in [6.45, 7) is 0.897. The Hall–Kier alpha value is -1.62. The normalized spacial score (nSPS) is 14.9. The Labute approximate surface area is 80.5 Å². The van der Waals surface area contributed by atoms with E-state index in [1.54, 1.807) is 0 Å². The molecule has 0 radical (unpaired) electrons. The number of nitrogen functional groups attached to an aromatic ring is 1. The van der Waals surface area contributed by atoms with Crippen molar-refractivity contribution in [3.8, 4) is 0 Å². The van der Waals surface area contributed by atoms with Gasteiger partial charge >= 0.3 is 5.97 Å². The molecule has 2 rings (SSSR count). The van der Waals surface area contributed by atoms with Crippen LogP contribution in [0, 0.1) is 0 Å². The van der Waals surface area contributed by atoms with Crippen molar-refractivity contribution < 1.29 is 14.6 Å². The summed E-state index contributed by atoms with van der Waals surface area (Å²) in [6.07, 6.45) is 1.94. The minimum atomic E-state index is -0.997. The number of carboxylic acid groups (broad SMARTS) is 1. The van der Waals surface area contributed by atoms with Crippen molar-refractivity contribution in [2.75, 3.05) is 12.3 Å². The molecule has 14 heavy (non-hydrogen) atoms. The van der Waals surface area contributed by atoms with Gasteiger partial charge in [-0.15, -0.1) is 0 Å². The van der Waals surface area contributed by atoms with Crippen molar-refractivity contribution in [2.24, 2.45) is 0 Å². The highest BCUT2D eigenvalue weighted by Gasteiger charge is 2.21. The molecule has 3 N–H and O–H groups in total. The van der Waals surface area contributed by atoms with Crippen LogP contribution in [-0.4, -0.2) is 22.7 Å². The van der Waals surface area contributed by atoms with Gasteiger partial charge in [0.1, 0.15) is 0 Å². The van der Waals surface area contributed by atoms with Gasteiger partial charge in [0.05, 0.1) is 36.4 Å². The average molecular weight is 194 g/mol. The predicted octanol–water partition coefficient (Wildman–Crippen LogP) is 0.435. The first-order valence-corrected chi connectivity index (χ1v) is 4.27. The largest absolute Gasteiger partial charge is 0.478 e. The Balaban J connectivity index is 2.60. The lowest BCUT2D eigenvalue weighted by atomic mass is 10.0. The van der Waals surface area contributed by atoms with Crippen LogP contribution in [0.4, 0.5) is 5.69 Å². The van der Waals surface area contributed by atoms with Gasteiger partial charge in [0.15, 0.2) is 0 Å². The second kappa shape index (κ2) is 3.26. The van der Waals surface area contributed by atoms with E-state index >= 15 is 0 Å². The van der Waals surface area contributed by atoms with Crippen molar-refractivity contribution in [3.63, 3.8) is 0 Å². The molecule has 0 unspecified atom stereocenters. The molecule has 1 aliphatic rings. The molecule has 74 valence electrons. The number of carbonyl (C=O) groups is 1. The summed E-state index contributed by atoms with van der Waals surface area (Å²) in [5, 5.41) is 8.97. The van der Waals surface area contributed by atoms with Crippen molar-refractivity contribution >= 4 is 11.7 Å². The molecule has 2 heterocycles. The third-order valence-electron chi connectivity index (χ3n) is 2.25. The topological polar surface area (TPSA) is 85.4 Å². The number of hydrogen-bond acceptors (Lipinski definition) is 4. The van der Waals surface area contributed by atoms with E-state index in [9.17, 15) is 4.79 Å². The Morgan fingerprint density at radius 1 is 1.64 bits per heavy atom. The molecule has 0 aromatic carbocycles. The molecular formula is C9H10N2O3. The molecule has 1 aliphatic heterocycles. The van der Waals surface area contributed by atoms with Gasteiger partial charge in [0.2, 0.25) is 0 Å². The first-order valence-electron chi connectivity index (χ1n) is 4.27. The number of rotatable bonds is 1. The maximum absolute atomic E-state index is 10.9. The minimum Gasteiger partial charge on any atom is -0.478 e. The number of nitrogens with zero attached hydrogens (tertiary/aromatic N) is 1. The van der Waals surface area contributed by atoms with Gasteiger partial charge in [0, 0.05) is 0 Å². The van der Waals surface area contributed by atoms with Crippen molar-refractivity contribution in [2.45, 2.75) is 13.0 Å². The summed E-state index contributed by atoms with van der Waals surface area (Å²) in [5.74, 6) is -0.997. The number of fused-ring (bicyclic) bond motifs is 1. The Morgan fingerprint density at radius 2 is 2.43 bits per heavy atom. The number of aromatic carboxylic acids is 1. The van der Waals surface area contributed by atoms with Crippen LogP contribution >= 0.6 is 0 Å². The van der Waals surface area contributed by atoms with E-state index in [-0.39, 0.29) is 11.3 Å². The first-order chi connectivity index (χ1) is 6.70. The minimum absolute atomic E-state index is 0.179. The van der Waals surface area contributed by atoms with Gasteiger partial charge in [-0.3, -0.25) is 4.98 Å². The van der Waals surface area contributed by atoms with E-state index in [0.29, 0.717) is 30.9 Å². The molecule has 1 aromatic rings. The van der Waals surface area contributed by atoms with Gasteiger partial charge < -0.3 is 15.6 Å². The fourth-order valence-electron chi connectivity index (χ4n) is 1.60. The number of aromatic nitrogens is 1. The van der Waals surface area contributed by atoms with Crippen LogP contribution in [0.25, 0.3) is 0 Å². The van der Waals surface area contributed by atoms with Crippen molar-refractivity contribution in [1.82, 2.24) is 4.98 Å². The van der Waals surface area contributed by atoms with Gasteiger partial charge in [-0.2, -0.15) is 0 Å². The molecular weight excluding hydrogens is 184 g/mol. The van der Waals surface area contributed by atoms with Crippen LogP contribution < -0.4 is 5.73 Å². The van der Waals surface area contributed by atoms with E-state index in [0.717, 1.165) is 0 Å². The number of carboxylic acids is 1. The third kappa shape index (κ3) is 1.31. The zero-order valence-electron chi connectivity index (χ0n) is 7.49. The molecule has 0 fully saturated rings. The first kappa shape index (κ1) is 8.96. The summed E-state index contributed by atoms with van der Waals surface area (Å²) in [7, 11) is 0. The average Bonchev–Trinajstić information content (AvgIpc) is 2.17. The molecule has 0 spiro atoms. The van der Waals surface area contributed by atoms with Crippen LogP contribution in [0.1, 0.15) is 21.6 Å². The van der Waals surface area contributed by atoms with Crippen LogP contribution in [0.5, 0.6) is 0 Å². The highest BCUT2D eigenvalue weighted by molar-refractivity contribution is 5.95. The summed E-state index contributed by atoms with van der Waals surface area (Å²) in [6, 6.07) is 0. The molecule has 0 bridgehead atoms. The molecule has 0 saturated carbocycles. The number of anilines is 1. The highest BCUT2D eigenvalue weighted by Crippen LogP contribution is 2.23. The Morgan fingerprint density at radius 3 is 3.14 bits per heavy atom. The zero-order chi connectivity index (χ0) is 10.1. The fourth-order valence-corrected chi connectivity index (χ4v) is 1.60.